The molecule has 0 saturated heterocycles. The van der Waals surface area contributed by atoms with E-state index in [1.54, 1.807) is 12.2 Å². The van der Waals surface area contributed by atoms with E-state index in [4.69, 9.17) is 10.00 Å². The van der Waals surface area contributed by atoms with Crippen LogP contribution in [-0.2, 0) is 9.53 Å². The van der Waals surface area contributed by atoms with E-state index < -0.39 is 5.97 Å². The molecule has 98 valence electrons. The molecule has 0 bridgehead atoms. The van der Waals surface area contributed by atoms with Gasteiger partial charge in [0.25, 0.3) is 0 Å². The smallest absolute Gasteiger partial charge is 0.348 e. The van der Waals surface area contributed by atoms with E-state index in [-0.39, 0.29) is 12.2 Å². The topological polar surface area (TPSA) is 53.3 Å². The Morgan fingerprint density at radius 1 is 1.44 bits per heavy atom. The maximum atomic E-state index is 11.5. The van der Waals surface area contributed by atoms with Gasteiger partial charge in [0.1, 0.15) is 11.6 Å². The normalized spacial score (nSPS) is 11.1. The van der Waals surface area contributed by atoms with Crippen LogP contribution in [0.15, 0.2) is 36.6 Å². The standard InChI is InChI=1S/C14H20N2O2/c1-4-7-11-18-14(17)13(12-15)9-8-10-16(5-2)6-3/h4,8-10H,1,5-7,11H2,2-3H3/b10-8+,13-9+. The molecule has 0 atom stereocenters. The van der Waals surface area contributed by atoms with Crippen LogP contribution in [0.25, 0.3) is 0 Å². The van der Waals surface area contributed by atoms with E-state index in [1.807, 2.05) is 26.1 Å². The molecular weight excluding hydrogens is 228 g/mol. The summed E-state index contributed by atoms with van der Waals surface area (Å²) in [6, 6.07) is 1.83. The maximum Gasteiger partial charge on any atom is 0.348 e. The van der Waals surface area contributed by atoms with Gasteiger partial charge >= 0.3 is 5.97 Å². The van der Waals surface area contributed by atoms with Crippen molar-refractivity contribution in [2.75, 3.05) is 19.7 Å². The van der Waals surface area contributed by atoms with Gasteiger partial charge in [0.15, 0.2) is 0 Å². The van der Waals surface area contributed by atoms with Gasteiger partial charge in [-0.25, -0.2) is 4.79 Å². The van der Waals surface area contributed by atoms with Gasteiger partial charge in [-0.3, -0.25) is 0 Å². The van der Waals surface area contributed by atoms with Crippen LogP contribution in [0.3, 0.4) is 0 Å². The Kier molecular flexibility index (Phi) is 9.01. The van der Waals surface area contributed by atoms with Gasteiger partial charge in [0, 0.05) is 13.1 Å². The Bertz CT molecular complexity index is 360. The minimum atomic E-state index is -0.594. The van der Waals surface area contributed by atoms with Gasteiger partial charge in [-0.05, 0) is 38.6 Å². The molecule has 4 nitrogen and oxygen atoms in total. The average molecular weight is 248 g/mol. The fourth-order valence-corrected chi connectivity index (χ4v) is 1.16. The molecular formula is C14H20N2O2. The summed E-state index contributed by atoms with van der Waals surface area (Å²) in [5.41, 5.74) is 0.00229. The average Bonchev–Trinajstić information content (AvgIpc) is 2.39. The highest BCUT2D eigenvalue weighted by Crippen LogP contribution is 1.99. The molecule has 0 aliphatic heterocycles. The van der Waals surface area contributed by atoms with Crippen molar-refractivity contribution in [3.05, 3.63) is 36.6 Å². The SMILES string of the molecule is C=CCCOC(=O)/C(C#N)=C/C=C/N(CC)CC. The number of carbonyl (C=O) groups excluding carboxylic acids is 1. The first-order valence-corrected chi connectivity index (χ1v) is 6.00. The molecule has 0 saturated carbocycles. The van der Waals surface area contributed by atoms with Crippen LogP contribution < -0.4 is 0 Å². The number of nitriles is 1. The van der Waals surface area contributed by atoms with Gasteiger partial charge in [-0.15, -0.1) is 6.58 Å². The molecule has 0 radical (unpaired) electrons. The Balaban J connectivity index is 4.43. The summed E-state index contributed by atoms with van der Waals surface area (Å²) < 4.78 is 4.90. The molecule has 0 aliphatic carbocycles. The molecule has 0 unspecified atom stereocenters. The van der Waals surface area contributed by atoms with Crippen molar-refractivity contribution in [2.24, 2.45) is 0 Å². The predicted octanol–water partition coefficient (Wildman–Crippen LogP) is 2.41. The zero-order valence-corrected chi connectivity index (χ0v) is 11.1. The minimum absolute atomic E-state index is 0.00229. The number of hydrogen-bond acceptors (Lipinski definition) is 4. The molecule has 0 aromatic heterocycles. The molecule has 4 heteroatoms. The summed E-state index contributed by atoms with van der Waals surface area (Å²) in [6.45, 7) is 9.60. The Morgan fingerprint density at radius 3 is 2.61 bits per heavy atom. The first kappa shape index (κ1) is 16.0. The molecule has 0 spiro atoms. The Morgan fingerprint density at radius 2 is 2.11 bits per heavy atom. The van der Waals surface area contributed by atoms with E-state index in [2.05, 4.69) is 11.5 Å². The number of rotatable bonds is 8. The third-order valence-corrected chi connectivity index (χ3v) is 2.27. The number of nitrogens with zero attached hydrogens (tertiary/aromatic N) is 2. The van der Waals surface area contributed by atoms with Crippen molar-refractivity contribution in [1.82, 2.24) is 4.90 Å². The van der Waals surface area contributed by atoms with Crippen molar-refractivity contribution < 1.29 is 9.53 Å². The van der Waals surface area contributed by atoms with Crippen molar-refractivity contribution in [3.63, 3.8) is 0 Å². The number of carbonyl (C=O) groups is 1. The highest BCUT2D eigenvalue weighted by atomic mass is 16.5. The molecule has 0 aromatic rings. The van der Waals surface area contributed by atoms with Crippen LogP contribution in [0, 0.1) is 11.3 Å². The van der Waals surface area contributed by atoms with E-state index in [0.717, 1.165) is 13.1 Å². The third kappa shape index (κ3) is 6.54. The monoisotopic (exact) mass is 248 g/mol. The Hall–Kier alpha value is -2.02. The van der Waals surface area contributed by atoms with Crippen LogP contribution in [0.4, 0.5) is 0 Å². The van der Waals surface area contributed by atoms with E-state index in [9.17, 15) is 4.79 Å². The largest absolute Gasteiger partial charge is 0.461 e. The second kappa shape index (κ2) is 10.2. The second-order valence-electron chi connectivity index (χ2n) is 3.47. The van der Waals surface area contributed by atoms with Gasteiger partial charge < -0.3 is 9.64 Å². The first-order valence-electron chi connectivity index (χ1n) is 6.00. The van der Waals surface area contributed by atoms with Crippen molar-refractivity contribution in [2.45, 2.75) is 20.3 Å². The molecule has 0 rings (SSSR count). The summed E-state index contributed by atoms with van der Waals surface area (Å²) in [5, 5.41) is 8.85. The number of esters is 1. The molecule has 0 aliphatic rings. The fourth-order valence-electron chi connectivity index (χ4n) is 1.16. The first-order chi connectivity index (χ1) is 8.69. The van der Waals surface area contributed by atoms with Gasteiger partial charge in [-0.2, -0.15) is 5.26 Å². The van der Waals surface area contributed by atoms with Crippen LogP contribution in [-0.4, -0.2) is 30.6 Å². The number of hydrogen-bond donors (Lipinski definition) is 0. The van der Waals surface area contributed by atoms with Gasteiger partial charge in [0.2, 0.25) is 0 Å². The summed E-state index contributed by atoms with van der Waals surface area (Å²) in [6.07, 6.45) is 7.23. The second-order valence-corrected chi connectivity index (χ2v) is 3.47. The number of allylic oxidation sites excluding steroid dienone is 2. The van der Waals surface area contributed by atoms with Crippen LogP contribution >= 0.6 is 0 Å². The molecule has 0 amide bonds. The third-order valence-electron chi connectivity index (χ3n) is 2.27. The molecule has 18 heavy (non-hydrogen) atoms. The quantitative estimate of drug-likeness (QED) is 0.165. The van der Waals surface area contributed by atoms with E-state index >= 15 is 0 Å². The summed E-state index contributed by atoms with van der Waals surface area (Å²) in [4.78, 5) is 13.5. The molecule has 0 heterocycles. The highest BCUT2D eigenvalue weighted by molar-refractivity contribution is 5.93. The maximum absolute atomic E-state index is 11.5. The zero-order valence-electron chi connectivity index (χ0n) is 11.1. The predicted molar refractivity (Wildman–Crippen MR) is 71.5 cm³/mol. The minimum Gasteiger partial charge on any atom is -0.461 e. The molecule has 0 N–H and O–H groups in total. The van der Waals surface area contributed by atoms with Crippen molar-refractivity contribution in [1.29, 1.82) is 5.26 Å². The summed E-state index contributed by atoms with van der Waals surface area (Å²) in [5.74, 6) is -0.594. The lowest BCUT2D eigenvalue weighted by atomic mass is 10.2. The van der Waals surface area contributed by atoms with Gasteiger partial charge in [0.05, 0.1) is 6.61 Å². The van der Waals surface area contributed by atoms with Crippen LogP contribution in [0.1, 0.15) is 20.3 Å². The highest BCUT2D eigenvalue weighted by Gasteiger charge is 2.08. The lowest BCUT2D eigenvalue weighted by molar-refractivity contribution is -0.138. The van der Waals surface area contributed by atoms with E-state index in [1.165, 1.54) is 6.08 Å². The number of ether oxygens (including phenoxy) is 1. The van der Waals surface area contributed by atoms with E-state index in [0.29, 0.717) is 6.42 Å². The lowest BCUT2D eigenvalue weighted by Gasteiger charge is -2.13. The van der Waals surface area contributed by atoms with Crippen LogP contribution in [0.2, 0.25) is 0 Å². The zero-order chi connectivity index (χ0) is 13.8. The van der Waals surface area contributed by atoms with Crippen molar-refractivity contribution >= 4 is 5.97 Å². The van der Waals surface area contributed by atoms with Gasteiger partial charge in [-0.1, -0.05) is 6.08 Å². The summed E-state index contributed by atoms with van der Waals surface area (Å²) in [7, 11) is 0. The summed E-state index contributed by atoms with van der Waals surface area (Å²) >= 11 is 0. The lowest BCUT2D eigenvalue weighted by Crippen LogP contribution is -2.15. The molecule has 0 fully saturated rings. The fraction of sp³-hybridized carbons (Fsp3) is 0.429. The van der Waals surface area contributed by atoms with Crippen LogP contribution in [0.5, 0.6) is 0 Å². The Labute approximate surface area is 109 Å². The van der Waals surface area contributed by atoms with Crippen molar-refractivity contribution in [3.8, 4) is 6.07 Å². The molecule has 0 aromatic carbocycles.